The molecule has 0 aliphatic carbocycles. The van der Waals surface area contributed by atoms with Gasteiger partial charge in [-0.1, -0.05) is 6.58 Å². The van der Waals surface area contributed by atoms with Crippen LogP contribution in [0.4, 0.5) is 0 Å². The first-order chi connectivity index (χ1) is 8.59. The number of nitrogens with zero attached hydrogens (tertiary/aromatic N) is 3. The van der Waals surface area contributed by atoms with Gasteiger partial charge in [0.05, 0.1) is 6.20 Å². The van der Waals surface area contributed by atoms with Crippen LogP contribution in [0.3, 0.4) is 0 Å². The first-order valence-corrected chi connectivity index (χ1v) is 5.56. The SMILES string of the molecule is C=C(C)COC(=O)c1cnn(C)c1-n1cccc1. The second kappa shape index (κ2) is 4.91. The zero-order valence-electron chi connectivity index (χ0n) is 10.5. The van der Waals surface area contributed by atoms with Gasteiger partial charge >= 0.3 is 5.97 Å². The molecule has 0 atom stereocenters. The lowest BCUT2D eigenvalue weighted by atomic mass is 10.3. The average Bonchev–Trinajstić information content (AvgIpc) is 2.94. The highest BCUT2D eigenvalue weighted by molar-refractivity contribution is 5.92. The fraction of sp³-hybridized carbons (Fsp3) is 0.231. The van der Waals surface area contributed by atoms with Crippen molar-refractivity contribution in [2.24, 2.45) is 7.05 Å². The van der Waals surface area contributed by atoms with Gasteiger partial charge in [0.1, 0.15) is 18.0 Å². The summed E-state index contributed by atoms with van der Waals surface area (Å²) in [6.07, 6.45) is 5.22. The molecule has 0 unspecified atom stereocenters. The number of hydrogen-bond donors (Lipinski definition) is 0. The van der Waals surface area contributed by atoms with E-state index in [0.29, 0.717) is 11.4 Å². The maximum Gasteiger partial charge on any atom is 0.343 e. The minimum Gasteiger partial charge on any atom is -0.457 e. The average molecular weight is 245 g/mol. The van der Waals surface area contributed by atoms with Crippen molar-refractivity contribution in [2.45, 2.75) is 6.92 Å². The molecule has 0 spiro atoms. The Morgan fingerprint density at radius 1 is 1.44 bits per heavy atom. The lowest BCUT2D eigenvalue weighted by Crippen LogP contribution is -2.11. The molecule has 0 aliphatic heterocycles. The maximum atomic E-state index is 11.9. The summed E-state index contributed by atoms with van der Waals surface area (Å²) in [5, 5.41) is 4.09. The molecule has 0 N–H and O–H groups in total. The maximum absolute atomic E-state index is 11.9. The van der Waals surface area contributed by atoms with Crippen molar-refractivity contribution in [3.63, 3.8) is 0 Å². The van der Waals surface area contributed by atoms with Crippen LogP contribution >= 0.6 is 0 Å². The first kappa shape index (κ1) is 12.2. The third-order valence-corrected chi connectivity index (χ3v) is 2.43. The van der Waals surface area contributed by atoms with Crippen molar-refractivity contribution < 1.29 is 9.53 Å². The first-order valence-electron chi connectivity index (χ1n) is 5.56. The minimum atomic E-state index is -0.394. The molecule has 2 aromatic heterocycles. The van der Waals surface area contributed by atoms with E-state index in [9.17, 15) is 4.79 Å². The third kappa shape index (κ3) is 2.34. The predicted octanol–water partition coefficient (Wildman–Crippen LogP) is 1.94. The van der Waals surface area contributed by atoms with Gasteiger partial charge in [-0.25, -0.2) is 4.79 Å². The number of aromatic nitrogens is 3. The van der Waals surface area contributed by atoms with Crippen molar-refractivity contribution in [3.8, 4) is 5.82 Å². The van der Waals surface area contributed by atoms with Gasteiger partial charge in [-0.15, -0.1) is 0 Å². The fourth-order valence-corrected chi connectivity index (χ4v) is 1.62. The Bertz CT molecular complexity index is 567. The Labute approximate surface area is 105 Å². The number of aryl methyl sites for hydroxylation is 1. The summed E-state index contributed by atoms with van der Waals surface area (Å²) >= 11 is 0. The van der Waals surface area contributed by atoms with E-state index in [2.05, 4.69) is 11.7 Å². The number of carbonyl (C=O) groups is 1. The predicted molar refractivity (Wildman–Crippen MR) is 67.6 cm³/mol. The van der Waals surface area contributed by atoms with Gasteiger partial charge in [-0.3, -0.25) is 4.68 Å². The lowest BCUT2D eigenvalue weighted by molar-refractivity contribution is 0.0540. The van der Waals surface area contributed by atoms with E-state index in [0.717, 1.165) is 5.57 Å². The van der Waals surface area contributed by atoms with Crippen molar-refractivity contribution in [1.82, 2.24) is 14.3 Å². The second-order valence-corrected chi connectivity index (χ2v) is 4.13. The van der Waals surface area contributed by atoms with E-state index < -0.39 is 5.97 Å². The van der Waals surface area contributed by atoms with Crippen LogP contribution in [0.25, 0.3) is 5.82 Å². The van der Waals surface area contributed by atoms with Crippen LogP contribution in [0.5, 0.6) is 0 Å². The molecule has 0 saturated heterocycles. The van der Waals surface area contributed by atoms with Crippen molar-refractivity contribution >= 4 is 5.97 Å². The van der Waals surface area contributed by atoms with E-state index in [1.807, 2.05) is 36.0 Å². The van der Waals surface area contributed by atoms with Gasteiger partial charge in [0, 0.05) is 19.4 Å². The molecular weight excluding hydrogens is 230 g/mol. The Kier molecular flexibility index (Phi) is 3.32. The van der Waals surface area contributed by atoms with Crippen molar-refractivity contribution in [2.75, 3.05) is 6.61 Å². The van der Waals surface area contributed by atoms with Crippen LogP contribution in [0, 0.1) is 0 Å². The zero-order valence-corrected chi connectivity index (χ0v) is 10.5. The lowest BCUT2D eigenvalue weighted by Gasteiger charge is -2.07. The van der Waals surface area contributed by atoms with Crippen LogP contribution < -0.4 is 0 Å². The highest BCUT2D eigenvalue weighted by atomic mass is 16.5. The van der Waals surface area contributed by atoms with Crippen LogP contribution in [0.2, 0.25) is 0 Å². The number of hydrogen-bond acceptors (Lipinski definition) is 3. The van der Waals surface area contributed by atoms with Crippen LogP contribution in [0.15, 0.2) is 42.9 Å². The molecule has 5 nitrogen and oxygen atoms in total. The molecule has 0 radical (unpaired) electrons. The molecule has 94 valence electrons. The van der Waals surface area contributed by atoms with Crippen LogP contribution in [-0.4, -0.2) is 26.9 Å². The van der Waals surface area contributed by atoms with Gasteiger partial charge in [0.2, 0.25) is 0 Å². The largest absolute Gasteiger partial charge is 0.457 e. The number of rotatable bonds is 4. The zero-order chi connectivity index (χ0) is 13.1. The second-order valence-electron chi connectivity index (χ2n) is 4.13. The van der Waals surface area contributed by atoms with E-state index in [1.165, 1.54) is 6.20 Å². The Balaban J connectivity index is 2.29. The highest BCUT2D eigenvalue weighted by Gasteiger charge is 2.18. The number of esters is 1. The molecule has 5 heteroatoms. The van der Waals surface area contributed by atoms with Crippen LogP contribution in [0.1, 0.15) is 17.3 Å². The summed E-state index contributed by atoms with van der Waals surface area (Å²) in [6.45, 7) is 5.73. The molecule has 2 aromatic rings. The normalized spacial score (nSPS) is 10.3. The molecule has 0 aliphatic rings. The number of ether oxygens (including phenoxy) is 1. The smallest absolute Gasteiger partial charge is 0.343 e. The Morgan fingerprint density at radius 2 is 2.11 bits per heavy atom. The summed E-state index contributed by atoms with van der Waals surface area (Å²) in [7, 11) is 1.78. The number of carbonyl (C=O) groups excluding carboxylic acids is 1. The summed E-state index contributed by atoms with van der Waals surface area (Å²) in [4.78, 5) is 11.9. The van der Waals surface area contributed by atoms with Gasteiger partial charge in [0.15, 0.2) is 0 Å². The summed E-state index contributed by atoms with van der Waals surface area (Å²) in [5.41, 5.74) is 1.24. The van der Waals surface area contributed by atoms with Gasteiger partial charge in [0.25, 0.3) is 0 Å². The van der Waals surface area contributed by atoms with E-state index in [-0.39, 0.29) is 6.61 Å². The molecule has 2 rings (SSSR count). The van der Waals surface area contributed by atoms with E-state index >= 15 is 0 Å². The Hall–Kier alpha value is -2.30. The molecule has 0 fully saturated rings. The molecular formula is C13H15N3O2. The molecule has 18 heavy (non-hydrogen) atoms. The molecule has 0 bridgehead atoms. The highest BCUT2D eigenvalue weighted by Crippen LogP contribution is 2.15. The summed E-state index contributed by atoms with van der Waals surface area (Å²) in [5.74, 6) is 0.293. The van der Waals surface area contributed by atoms with Gasteiger partial charge in [-0.05, 0) is 24.6 Å². The summed E-state index contributed by atoms with van der Waals surface area (Å²) < 4.78 is 8.60. The van der Waals surface area contributed by atoms with Gasteiger partial charge in [-0.2, -0.15) is 5.10 Å². The van der Waals surface area contributed by atoms with E-state index in [4.69, 9.17) is 4.74 Å². The monoisotopic (exact) mass is 245 g/mol. The van der Waals surface area contributed by atoms with Crippen LogP contribution in [-0.2, 0) is 11.8 Å². The quantitative estimate of drug-likeness (QED) is 0.611. The standard InChI is InChI=1S/C13H15N3O2/c1-10(2)9-18-13(17)11-8-14-15(3)12(11)16-6-4-5-7-16/h4-8H,1,9H2,2-3H3. The molecule has 0 amide bonds. The summed E-state index contributed by atoms with van der Waals surface area (Å²) in [6, 6.07) is 3.77. The van der Waals surface area contributed by atoms with Crippen molar-refractivity contribution in [3.05, 3.63) is 48.4 Å². The minimum absolute atomic E-state index is 0.221. The topological polar surface area (TPSA) is 49.0 Å². The fourth-order valence-electron chi connectivity index (χ4n) is 1.62. The molecule has 0 saturated carbocycles. The Morgan fingerprint density at radius 3 is 2.72 bits per heavy atom. The third-order valence-electron chi connectivity index (χ3n) is 2.43. The van der Waals surface area contributed by atoms with E-state index in [1.54, 1.807) is 11.7 Å². The van der Waals surface area contributed by atoms with Gasteiger partial charge < -0.3 is 9.30 Å². The molecule has 0 aromatic carbocycles. The molecule has 2 heterocycles. The van der Waals surface area contributed by atoms with Crippen molar-refractivity contribution in [1.29, 1.82) is 0 Å².